The number of nitrogens with one attached hydrogen (secondary N) is 2. The third-order valence-corrected chi connectivity index (χ3v) is 2.64. The Bertz CT molecular complexity index is 306. The summed E-state index contributed by atoms with van der Waals surface area (Å²) >= 11 is 0. The van der Waals surface area contributed by atoms with Crippen LogP contribution in [0.3, 0.4) is 0 Å². The van der Waals surface area contributed by atoms with Crippen LogP contribution in [0.2, 0.25) is 0 Å². The molecular weight excluding hydrogens is 241 g/mol. The molecule has 1 fully saturated rings. The number of amides is 1. The van der Waals surface area contributed by atoms with E-state index in [2.05, 4.69) is 5.32 Å². The highest BCUT2D eigenvalue weighted by atomic mass is 19.4. The lowest BCUT2D eigenvalue weighted by Gasteiger charge is -2.29. The van der Waals surface area contributed by atoms with E-state index >= 15 is 0 Å². The maximum absolute atomic E-state index is 11.9. The van der Waals surface area contributed by atoms with Gasteiger partial charge in [-0.2, -0.15) is 13.2 Å². The molecule has 0 spiro atoms. The van der Waals surface area contributed by atoms with Crippen molar-refractivity contribution in [1.29, 1.82) is 0 Å². The number of carboxylic acids is 1. The first-order chi connectivity index (χ1) is 7.82. The Balaban J connectivity index is 2.49. The van der Waals surface area contributed by atoms with Crippen molar-refractivity contribution in [2.24, 2.45) is 5.92 Å². The smallest absolute Gasteiger partial charge is 0.471 e. The van der Waals surface area contributed by atoms with Gasteiger partial charge in [-0.25, -0.2) is 0 Å². The van der Waals surface area contributed by atoms with Crippen molar-refractivity contribution >= 4 is 11.9 Å². The molecule has 0 unspecified atom stereocenters. The number of alkyl halides is 3. The average molecular weight is 254 g/mol. The fraction of sp³-hybridized carbons (Fsp3) is 0.778. The maximum atomic E-state index is 11.9. The molecule has 2 atom stereocenters. The highest BCUT2D eigenvalue weighted by Gasteiger charge is 2.39. The third kappa shape index (κ3) is 3.88. The number of hydrogen-bond donors (Lipinski definition) is 3. The van der Waals surface area contributed by atoms with Crippen molar-refractivity contribution in [3.63, 3.8) is 0 Å². The maximum Gasteiger partial charge on any atom is 0.471 e. The van der Waals surface area contributed by atoms with Gasteiger partial charge >= 0.3 is 18.1 Å². The molecule has 0 aliphatic carbocycles. The number of hydrogen-bond acceptors (Lipinski definition) is 3. The van der Waals surface area contributed by atoms with Crippen LogP contribution in [0.4, 0.5) is 13.2 Å². The van der Waals surface area contributed by atoms with E-state index in [1.165, 1.54) is 0 Å². The normalized spacial score (nSPS) is 25.4. The Hall–Kier alpha value is -1.31. The van der Waals surface area contributed by atoms with Crippen molar-refractivity contribution in [2.45, 2.75) is 25.1 Å². The molecule has 17 heavy (non-hydrogen) atoms. The Morgan fingerprint density at radius 1 is 1.41 bits per heavy atom. The van der Waals surface area contributed by atoms with Gasteiger partial charge in [0.2, 0.25) is 0 Å². The van der Waals surface area contributed by atoms with Gasteiger partial charge in [0, 0.05) is 12.5 Å². The second-order valence-electron chi connectivity index (χ2n) is 3.88. The summed E-state index contributed by atoms with van der Waals surface area (Å²) < 4.78 is 35.7. The summed E-state index contributed by atoms with van der Waals surface area (Å²) in [5.41, 5.74) is 0. The van der Waals surface area contributed by atoms with Crippen LogP contribution in [0.25, 0.3) is 0 Å². The number of carboxylic acid groups (broad SMARTS) is 1. The van der Waals surface area contributed by atoms with E-state index in [9.17, 15) is 22.8 Å². The Labute approximate surface area is 95.4 Å². The molecule has 3 N–H and O–H groups in total. The minimum Gasteiger partial charge on any atom is -0.480 e. The van der Waals surface area contributed by atoms with Gasteiger partial charge in [-0.05, 0) is 19.4 Å². The topological polar surface area (TPSA) is 78.4 Å². The minimum atomic E-state index is -4.93. The minimum absolute atomic E-state index is 0.289. The second kappa shape index (κ2) is 5.35. The number of rotatable bonds is 3. The molecule has 98 valence electrons. The van der Waals surface area contributed by atoms with Crippen LogP contribution < -0.4 is 10.6 Å². The zero-order valence-electron chi connectivity index (χ0n) is 8.88. The molecule has 1 aliphatic rings. The van der Waals surface area contributed by atoms with Crippen LogP contribution in [0.1, 0.15) is 12.8 Å². The van der Waals surface area contributed by atoms with Crippen LogP contribution >= 0.6 is 0 Å². The molecule has 1 aliphatic heterocycles. The van der Waals surface area contributed by atoms with E-state index < -0.39 is 30.0 Å². The number of piperidine rings is 1. The molecular formula is C9H13F3N2O3. The van der Waals surface area contributed by atoms with Gasteiger partial charge in [-0.15, -0.1) is 0 Å². The van der Waals surface area contributed by atoms with Crippen molar-refractivity contribution < 1.29 is 27.9 Å². The first kappa shape index (κ1) is 13.8. The highest BCUT2D eigenvalue weighted by Crippen LogP contribution is 2.18. The lowest BCUT2D eigenvalue weighted by molar-refractivity contribution is -0.173. The van der Waals surface area contributed by atoms with E-state index in [0.717, 1.165) is 0 Å². The first-order valence-electron chi connectivity index (χ1n) is 5.13. The van der Waals surface area contributed by atoms with Gasteiger partial charge in [0.25, 0.3) is 0 Å². The SMILES string of the molecule is O=C(O)[C@H]1NCCC[C@H]1CNC(=O)C(F)(F)F. The Kier molecular flexibility index (Phi) is 4.33. The van der Waals surface area contributed by atoms with Crippen molar-refractivity contribution in [2.75, 3.05) is 13.1 Å². The van der Waals surface area contributed by atoms with E-state index in [1.807, 2.05) is 0 Å². The summed E-state index contributed by atoms with van der Waals surface area (Å²) in [5, 5.41) is 13.2. The fourth-order valence-corrected chi connectivity index (χ4v) is 1.79. The summed E-state index contributed by atoms with van der Waals surface area (Å²) in [6, 6.07) is -0.905. The lowest BCUT2D eigenvalue weighted by Crippen LogP contribution is -2.51. The van der Waals surface area contributed by atoms with Gasteiger partial charge in [-0.1, -0.05) is 0 Å². The Morgan fingerprint density at radius 3 is 2.59 bits per heavy atom. The van der Waals surface area contributed by atoms with E-state index in [1.54, 1.807) is 5.32 Å². The number of carbonyl (C=O) groups is 2. The van der Waals surface area contributed by atoms with Crippen LogP contribution in [0.15, 0.2) is 0 Å². The number of halogens is 3. The molecule has 0 radical (unpaired) electrons. The predicted octanol–water partition coefficient (Wildman–Crippen LogP) is 0.118. The van der Waals surface area contributed by atoms with Gasteiger partial charge in [-0.3, -0.25) is 9.59 Å². The molecule has 5 nitrogen and oxygen atoms in total. The van der Waals surface area contributed by atoms with Gasteiger partial charge in [0.05, 0.1) is 0 Å². The molecule has 0 bridgehead atoms. The standard InChI is InChI=1S/C9H13F3N2O3/c10-9(11,12)8(17)14-4-5-2-1-3-13-6(5)7(15)16/h5-6,13H,1-4H2,(H,14,17)(H,15,16)/t5-,6-/m0/s1. The highest BCUT2D eigenvalue weighted by molar-refractivity contribution is 5.81. The summed E-state index contributed by atoms with van der Waals surface area (Å²) in [6.07, 6.45) is -3.78. The summed E-state index contributed by atoms with van der Waals surface area (Å²) in [5.74, 6) is -3.67. The predicted molar refractivity (Wildman–Crippen MR) is 51.2 cm³/mol. The van der Waals surface area contributed by atoms with Crippen molar-refractivity contribution in [3.05, 3.63) is 0 Å². The quantitative estimate of drug-likeness (QED) is 0.668. The second-order valence-corrected chi connectivity index (χ2v) is 3.88. The molecule has 8 heteroatoms. The molecule has 1 rings (SSSR count). The zero-order valence-corrected chi connectivity index (χ0v) is 8.88. The molecule has 1 saturated heterocycles. The molecule has 0 saturated carbocycles. The van der Waals surface area contributed by atoms with Gasteiger partial charge in [0.15, 0.2) is 0 Å². The number of aliphatic carboxylic acids is 1. The largest absolute Gasteiger partial charge is 0.480 e. The van der Waals surface area contributed by atoms with Gasteiger partial charge in [0.1, 0.15) is 6.04 Å². The van der Waals surface area contributed by atoms with Crippen LogP contribution in [0.5, 0.6) is 0 Å². The molecule has 0 aromatic heterocycles. The van der Waals surface area contributed by atoms with Gasteiger partial charge < -0.3 is 15.7 Å². The molecule has 0 aromatic rings. The lowest BCUT2D eigenvalue weighted by atomic mass is 9.91. The zero-order chi connectivity index (χ0) is 13.1. The van der Waals surface area contributed by atoms with E-state index in [-0.39, 0.29) is 6.54 Å². The molecule has 0 aromatic carbocycles. The summed E-state index contributed by atoms with van der Waals surface area (Å²) in [4.78, 5) is 21.4. The summed E-state index contributed by atoms with van der Waals surface area (Å²) in [7, 11) is 0. The average Bonchev–Trinajstić information content (AvgIpc) is 2.24. The monoisotopic (exact) mass is 254 g/mol. The van der Waals surface area contributed by atoms with Crippen LogP contribution in [0, 0.1) is 5.92 Å². The summed E-state index contributed by atoms with van der Waals surface area (Å²) in [6.45, 7) is 0.225. The third-order valence-electron chi connectivity index (χ3n) is 2.64. The van der Waals surface area contributed by atoms with Crippen molar-refractivity contribution in [1.82, 2.24) is 10.6 Å². The molecule has 1 amide bonds. The van der Waals surface area contributed by atoms with Crippen molar-refractivity contribution in [3.8, 4) is 0 Å². The van der Waals surface area contributed by atoms with E-state index in [4.69, 9.17) is 5.11 Å². The Morgan fingerprint density at radius 2 is 2.06 bits per heavy atom. The first-order valence-corrected chi connectivity index (χ1v) is 5.13. The van der Waals surface area contributed by atoms with E-state index in [0.29, 0.717) is 19.4 Å². The van der Waals surface area contributed by atoms with Crippen LogP contribution in [-0.2, 0) is 9.59 Å². The number of carbonyl (C=O) groups excluding carboxylic acids is 1. The fourth-order valence-electron chi connectivity index (χ4n) is 1.79. The van der Waals surface area contributed by atoms with Crippen LogP contribution in [-0.4, -0.2) is 42.3 Å². The molecule has 1 heterocycles.